The van der Waals surface area contributed by atoms with E-state index in [1.54, 1.807) is 0 Å². The van der Waals surface area contributed by atoms with Crippen LogP contribution in [0.15, 0.2) is 6.20 Å². The van der Waals surface area contributed by atoms with E-state index in [2.05, 4.69) is 0 Å². The van der Waals surface area contributed by atoms with E-state index in [0.717, 1.165) is 11.2 Å². The molecule has 1 heterocycles. The summed E-state index contributed by atoms with van der Waals surface area (Å²) in [6.45, 7) is 0. The van der Waals surface area contributed by atoms with Gasteiger partial charge in [0.2, 0.25) is 0 Å². The second-order valence-electron chi connectivity index (χ2n) is 1.77. The van der Waals surface area contributed by atoms with Gasteiger partial charge in [0.15, 0.2) is 0 Å². The van der Waals surface area contributed by atoms with Gasteiger partial charge in [-0.1, -0.05) is 0 Å². The van der Waals surface area contributed by atoms with Crippen LogP contribution in [-0.4, -0.2) is 23.4 Å². The predicted molar refractivity (Wildman–Crippen MR) is 26.6 cm³/mol. The van der Waals surface area contributed by atoms with Gasteiger partial charge < -0.3 is 0 Å². The van der Waals surface area contributed by atoms with Gasteiger partial charge in [0.1, 0.15) is 6.20 Å². The largest absolute Gasteiger partial charge is 0.500 e. The molecule has 6 heteroatoms. The molecule has 0 aromatic heterocycles. The van der Waals surface area contributed by atoms with Crippen molar-refractivity contribution in [2.24, 2.45) is 0 Å². The van der Waals surface area contributed by atoms with Gasteiger partial charge in [-0.2, -0.15) is 5.01 Å². The zero-order valence-corrected chi connectivity index (χ0v) is 5.11. The zero-order chi connectivity index (χ0) is 7.78. The third-order valence-electron chi connectivity index (χ3n) is 0.892. The molecular formula is C4H5F3N3. The van der Waals surface area contributed by atoms with Gasteiger partial charge in [-0.25, -0.2) is 0 Å². The lowest BCUT2D eigenvalue weighted by atomic mass is 10.8. The van der Waals surface area contributed by atoms with E-state index < -0.39 is 6.30 Å². The second-order valence-corrected chi connectivity index (χ2v) is 1.77. The van der Waals surface area contributed by atoms with Crippen LogP contribution in [0.3, 0.4) is 0 Å². The molecule has 1 rings (SSSR count). The summed E-state index contributed by atoms with van der Waals surface area (Å²) in [5, 5.41) is 1.08. The van der Waals surface area contributed by atoms with E-state index >= 15 is 0 Å². The SMILES string of the molecule is CN1C=[C]N(C(F)(F)F)N1. The minimum absolute atomic E-state index is 0.0625. The standard InChI is InChI=1S/C4H5F3N3/c1-9-2-3-10(8-9)4(5,6)7/h2,8H,1H3. The lowest BCUT2D eigenvalue weighted by Gasteiger charge is -2.20. The fourth-order valence-electron chi connectivity index (χ4n) is 0.490. The zero-order valence-electron chi connectivity index (χ0n) is 5.11. The molecule has 3 nitrogen and oxygen atoms in total. The van der Waals surface area contributed by atoms with E-state index in [9.17, 15) is 13.2 Å². The maximum absolute atomic E-state index is 11.7. The Morgan fingerprint density at radius 2 is 2.10 bits per heavy atom. The summed E-state index contributed by atoms with van der Waals surface area (Å²) in [7, 11) is 1.44. The van der Waals surface area contributed by atoms with Gasteiger partial charge in [0.05, 0.1) is 0 Å². The van der Waals surface area contributed by atoms with Crippen molar-refractivity contribution in [2.75, 3.05) is 7.05 Å². The number of hydrazine groups is 2. The first kappa shape index (κ1) is 7.20. The maximum Gasteiger partial charge on any atom is 0.500 e. The first-order chi connectivity index (χ1) is 4.50. The lowest BCUT2D eigenvalue weighted by molar-refractivity contribution is -0.255. The fourth-order valence-corrected chi connectivity index (χ4v) is 0.490. The van der Waals surface area contributed by atoms with Crippen LogP contribution in [0.5, 0.6) is 0 Å². The molecule has 0 atom stereocenters. The molecule has 1 radical (unpaired) electrons. The van der Waals surface area contributed by atoms with Crippen molar-refractivity contribution in [1.29, 1.82) is 0 Å². The molecule has 0 bridgehead atoms. The van der Waals surface area contributed by atoms with Gasteiger partial charge in [0, 0.05) is 13.2 Å². The normalized spacial score (nSPS) is 18.8. The fraction of sp³-hybridized carbons (Fsp3) is 0.500. The first-order valence-electron chi connectivity index (χ1n) is 2.46. The minimum Gasteiger partial charge on any atom is -0.299 e. The Bertz CT molecular complexity index is 152. The molecule has 0 amide bonds. The number of nitrogens with one attached hydrogen (secondary N) is 1. The molecule has 0 aromatic carbocycles. The van der Waals surface area contributed by atoms with Gasteiger partial charge in [0.25, 0.3) is 0 Å². The molecule has 57 valence electrons. The topological polar surface area (TPSA) is 18.5 Å². The first-order valence-corrected chi connectivity index (χ1v) is 2.46. The van der Waals surface area contributed by atoms with Crippen molar-refractivity contribution >= 4 is 0 Å². The van der Waals surface area contributed by atoms with Crippen molar-refractivity contribution in [3.63, 3.8) is 0 Å². The molecule has 0 saturated carbocycles. The van der Waals surface area contributed by atoms with E-state index in [4.69, 9.17) is 0 Å². The quantitative estimate of drug-likeness (QED) is 0.508. The third kappa shape index (κ3) is 1.32. The van der Waals surface area contributed by atoms with E-state index in [0.29, 0.717) is 0 Å². The number of hydrogen-bond donors (Lipinski definition) is 1. The number of hydrogen-bond acceptors (Lipinski definition) is 3. The Hall–Kier alpha value is -0.910. The van der Waals surface area contributed by atoms with E-state index in [1.165, 1.54) is 7.05 Å². The van der Waals surface area contributed by atoms with Gasteiger partial charge in [-0.15, -0.1) is 18.7 Å². The van der Waals surface area contributed by atoms with Crippen LogP contribution in [0.2, 0.25) is 0 Å². The second kappa shape index (κ2) is 2.05. The number of rotatable bonds is 0. The van der Waals surface area contributed by atoms with Gasteiger partial charge >= 0.3 is 6.30 Å². The molecular weight excluding hydrogens is 147 g/mol. The minimum atomic E-state index is -4.40. The Balaban J connectivity index is 2.55. The summed E-state index contributed by atoms with van der Waals surface area (Å²) >= 11 is 0. The van der Waals surface area contributed by atoms with Crippen LogP contribution in [0.1, 0.15) is 0 Å². The molecule has 0 spiro atoms. The molecule has 0 saturated heterocycles. The summed E-state index contributed by atoms with van der Waals surface area (Å²) in [6, 6.07) is 0. The predicted octanol–water partition coefficient (Wildman–Crippen LogP) is 0.448. The van der Waals surface area contributed by atoms with Crippen molar-refractivity contribution in [1.82, 2.24) is 15.6 Å². The van der Waals surface area contributed by atoms with Gasteiger partial charge in [-0.3, -0.25) is 5.01 Å². The summed E-state index contributed by atoms with van der Waals surface area (Å²) in [4.78, 5) is 0. The van der Waals surface area contributed by atoms with Crippen LogP contribution < -0.4 is 5.53 Å². The smallest absolute Gasteiger partial charge is 0.299 e. The maximum atomic E-state index is 11.7. The number of alkyl halides is 3. The molecule has 0 unspecified atom stereocenters. The molecule has 0 fully saturated rings. The average molecular weight is 152 g/mol. The Morgan fingerprint density at radius 1 is 1.50 bits per heavy atom. The van der Waals surface area contributed by atoms with Crippen molar-refractivity contribution in [2.45, 2.75) is 6.30 Å². The van der Waals surface area contributed by atoms with Crippen LogP contribution >= 0.6 is 0 Å². The summed E-state index contributed by atoms with van der Waals surface area (Å²) in [6.07, 6.45) is -1.31. The van der Waals surface area contributed by atoms with Crippen molar-refractivity contribution < 1.29 is 13.2 Å². The molecule has 1 aliphatic heterocycles. The Kier molecular flexibility index (Phi) is 1.47. The summed E-state index contributed by atoms with van der Waals surface area (Å²) < 4.78 is 35.1. The highest BCUT2D eigenvalue weighted by molar-refractivity contribution is 4.77. The summed E-state index contributed by atoms with van der Waals surface area (Å²) in [5.41, 5.74) is 1.97. The molecule has 0 aromatic rings. The van der Waals surface area contributed by atoms with E-state index in [-0.39, 0.29) is 5.01 Å². The third-order valence-corrected chi connectivity index (χ3v) is 0.892. The number of halogens is 3. The van der Waals surface area contributed by atoms with Gasteiger partial charge in [-0.05, 0) is 0 Å². The highest BCUT2D eigenvalue weighted by atomic mass is 19.4. The molecule has 10 heavy (non-hydrogen) atoms. The van der Waals surface area contributed by atoms with Crippen LogP contribution in [0.4, 0.5) is 13.2 Å². The van der Waals surface area contributed by atoms with Crippen molar-refractivity contribution in [3.8, 4) is 0 Å². The van der Waals surface area contributed by atoms with E-state index in [1.807, 2.05) is 11.7 Å². The highest BCUT2D eigenvalue weighted by Crippen LogP contribution is 2.20. The van der Waals surface area contributed by atoms with Crippen LogP contribution in [0.25, 0.3) is 0 Å². The monoisotopic (exact) mass is 152 g/mol. The molecule has 1 aliphatic rings. The number of nitrogens with zero attached hydrogens (tertiary/aromatic N) is 2. The van der Waals surface area contributed by atoms with Crippen molar-refractivity contribution in [3.05, 3.63) is 12.4 Å². The Morgan fingerprint density at radius 3 is 2.30 bits per heavy atom. The average Bonchev–Trinajstić information content (AvgIpc) is 2.11. The summed E-state index contributed by atoms with van der Waals surface area (Å²) in [5.74, 6) is 0. The Labute approximate surface area is 55.6 Å². The highest BCUT2D eigenvalue weighted by Gasteiger charge is 2.38. The van der Waals surface area contributed by atoms with Crippen LogP contribution in [-0.2, 0) is 0 Å². The molecule has 1 N–H and O–H groups in total. The molecule has 0 aliphatic carbocycles. The lowest BCUT2D eigenvalue weighted by Crippen LogP contribution is -2.45. The van der Waals surface area contributed by atoms with Crippen LogP contribution in [0, 0.1) is 6.20 Å².